The number of hydrogen-bond acceptors (Lipinski definition) is 5. The van der Waals surface area contributed by atoms with Crippen LogP contribution in [0.2, 0.25) is 0 Å². The van der Waals surface area contributed by atoms with Gasteiger partial charge in [-0.15, -0.1) is 0 Å². The van der Waals surface area contributed by atoms with Gasteiger partial charge in [-0.1, -0.05) is 0 Å². The van der Waals surface area contributed by atoms with Crippen LogP contribution >= 0.6 is 0 Å². The standard InChI is InChI=1S/C15H19N3O3S/c16-9-12-1-3-15(4-2-12)22(19,20)17-13-10-18(11-13)14-5-7-21-8-6-14/h1-4,13-14,17H,5-8,10-11H2. The van der Waals surface area contributed by atoms with Gasteiger partial charge in [0, 0.05) is 38.4 Å². The first-order chi connectivity index (χ1) is 10.6. The average molecular weight is 321 g/mol. The maximum Gasteiger partial charge on any atom is 0.240 e. The van der Waals surface area contributed by atoms with Crippen LogP contribution in [-0.2, 0) is 14.8 Å². The fourth-order valence-corrected chi connectivity index (χ4v) is 4.15. The van der Waals surface area contributed by atoms with Crippen molar-refractivity contribution in [2.24, 2.45) is 0 Å². The van der Waals surface area contributed by atoms with Gasteiger partial charge in [0.15, 0.2) is 0 Å². The first-order valence-corrected chi connectivity index (χ1v) is 8.91. The van der Waals surface area contributed by atoms with E-state index in [4.69, 9.17) is 10.00 Å². The first kappa shape index (κ1) is 15.4. The van der Waals surface area contributed by atoms with Crippen molar-refractivity contribution in [1.29, 1.82) is 5.26 Å². The number of nitrogens with one attached hydrogen (secondary N) is 1. The van der Waals surface area contributed by atoms with Crippen LogP contribution in [0.25, 0.3) is 0 Å². The molecule has 2 aliphatic heterocycles. The van der Waals surface area contributed by atoms with Crippen molar-refractivity contribution in [3.63, 3.8) is 0 Å². The minimum atomic E-state index is -3.51. The summed E-state index contributed by atoms with van der Waals surface area (Å²) in [6.45, 7) is 3.09. The Labute approximate surface area is 130 Å². The number of nitrogens with zero attached hydrogens (tertiary/aromatic N) is 2. The van der Waals surface area contributed by atoms with Gasteiger partial charge in [-0.05, 0) is 37.1 Å². The molecule has 7 heteroatoms. The highest BCUT2D eigenvalue weighted by molar-refractivity contribution is 7.89. The van der Waals surface area contributed by atoms with Crippen LogP contribution in [0.15, 0.2) is 29.2 Å². The van der Waals surface area contributed by atoms with Crippen LogP contribution in [0.3, 0.4) is 0 Å². The topological polar surface area (TPSA) is 82.4 Å². The lowest BCUT2D eigenvalue weighted by atomic mass is 10.0. The first-order valence-electron chi connectivity index (χ1n) is 7.43. The number of ether oxygens (including phenoxy) is 1. The van der Waals surface area contributed by atoms with E-state index in [1.807, 2.05) is 6.07 Å². The predicted molar refractivity (Wildman–Crippen MR) is 80.7 cm³/mol. The van der Waals surface area contributed by atoms with E-state index < -0.39 is 10.0 Å². The van der Waals surface area contributed by atoms with Crippen molar-refractivity contribution in [2.75, 3.05) is 26.3 Å². The molecule has 1 N–H and O–H groups in total. The second kappa shape index (κ2) is 6.34. The molecule has 6 nitrogen and oxygen atoms in total. The molecule has 0 saturated carbocycles. The molecule has 3 rings (SSSR count). The molecular formula is C15H19N3O3S. The summed E-state index contributed by atoms with van der Waals surface area (Å²) < 4.78 is 32.6. The lowest BCUT2D eigenvalue weighted by Gasteiger charge is -2.45. The number of likely N-dealkylation sites (tertiary alicyclic amines) is 1. The minimum Gasteiger partial charge on any atom is -0.381 e. The number of nitriles is 1. The number of hydrogen-bond donors (Lipinski definition) is 1. The monoisotopic (exact) mass is 321 g/mol. The molecule has 0 spiro atoms. The maximum atomic E-state index is 12.3. The Kier molecular flexibility index (Phi) is 4.45. The second-order valence-electron chi connectivity index (χ2n) is 5.75. The minimum absolute atomic E-state index is 0.0384. The molecule has 0 unspecified atom stereocenters. The van der Waals surface area contributed by atoms with E-state index in [9.17, 15) is 8.42 Å². The molecule has 118 valence electrons. The van der Waals surface area contributed by atoms with E-state index in [0.717, 1.165) is 39.1 Å². The highest BCUT2D eigenvalue weighted by Crippen LogP contribution is 2.21. The Morgan fingerprint density at radius 2 is 1.82 bits per heavy atom. The fraction of sp³-hybridized carbons (Fsp3) is 0.533. The van der Waals surface area contributed by atoms with Gasteiger partial charge >= 0.3 is 0 Å². The Morgan fingerprint density at radius 1 is 1.18 bits per heavy atom. The second-order valence-corrected chi connectivity index (χ2v) is 7.47. The van der Waals surface area contributed by atoms with Gasteiger partial charge in [0.2, 0.25) is 10.0 Å². The Bertz CT molecular complexity index is 654. The average Bonchev–Trinajstić information content (AvgIpc) is 2.51. The smallest absolute Gasteiger partial charge is 0.240 e. The summed E-state index contributed by atoms with van der Waals surface area (Å²) >= 11 is 0. The molecule has 0 bridgehead atoms. The van der Waals surface area contributed by atoms with Crippen molar-refractivity contribution in [3.05, 3.63) is 29.8 Å². The van der Waals surface area contributed by atoms with Gasteiger partial charge < -0.3 is 4.74 Å². The predicted octanol–water partition coefficient (Wildman–Crippen LogP) is 0.700. The summed E-state index contributed by atoms with van der Waals surface area (Å²) in [6, 6.07) is 8.43. The molecule has 0 aromatic heterocycles. The van der Waals surface area contributed by atoms with Crippen molar-refractivity contribution in [1.82, 2.24) is 9.62 Å². The van der Waals surface area contributed by atoms with Gasteiger partial charge in [-0.3, -0.25) is 4.90 Å². The van der Waals surface area contributed by atoms with Crippen molar-refractivity contribution in [2.45, 2.75) is 29.8 Å². The zero-order valence-corrected chi connectivity index (χ0v) is 13.1. The van der Waals surface area contributed by atoms with Crippen molar-refractivity contribution in [3.8, 4) is 6.07 Å². The molecule has 2 saturated heterocycles. The quantitative estimate of drug-likeness (QED) is 0.883. The Hall–Kier alpha value is -1.46. The number of rotatable bonds is 4. The summed E-state index contributed by atoms with van der Waals surface area (Å²) in [6.07, 6.45) is 2.05. The van der Waals surface area contributed by atoms with Gasteiger partial charge in [0.05, 0.1) is 16.5 Å². The van der Waals surface area contributed by atoms with Crippen LogP contribution < -0.4 is 4.72 Å². The molecule has 2 heterocycles. The number of benzene rings is 1. The van der Waals surface area contributed by atoms with E-state index in [-0.39, 0.29) is 10.9 Å². The molecule has 22 heavy (non-hydrogen) atoms. The molecule has 2 aliphatic rings. The third-order valence-electron chi connectivity index (χ3n) is 4.23. The van der Waals surface area contributed by atoms with Crippen molar-refractivity contribution >= 4 is 10.0 Å². The van der Waals surface area contributed by atoms with Crippen LogP contribution in [0.1, 0.15) is 18.4 Å². The zero-order valence-electron chi connectivity index (χ0n) is 12.2. The van der Waals surface area contributed by atoms with E-state index in [2.05, 4.69) is 9.62 Å². The van der Waals surface area contributed by atoms with E-state index in [1.165, 1.54) is 24.3 Å². The highest BCUT2D eigenvalue weighted by Gasteiger charge is 2.35. The lowest BCUT2D eigenvalue weighted by Crippen LogP contribution is -2.62. The van der Waals surface area contributed by atoms with Gasteiger partial charge in [-0.2, -0.15) is 5.26 Å². The number of sulfonamides is 1. The van der Waals surface area contributed by atoms with Crippen LogP contribution in [-0.4, -0.2) is 51.7 Å². The maximum absolute atomic E-state index is 12.3. The summed E-state index contributed by atoms with van der Waals surface area (Å²) in [5, 5.41) is 8.75. The fourth-order valence-electron chi connectivity index (χ4n) is 2.93. The van der Waals surface area contributed by atoms with Crippen LogP contribution in [0.5, 0.6) is 0 Å². The summed E-state index contributed by atoms with van der Waals surface area (Å²) in [5.41, 5.74) is 0.452. The zero-order chi connectivity index (χ0) is 15.6. The van der Waals surface area contributed by atoms with Gasteiger partial charge in [0.1, 0.15) is 0 Å². The summed E-state index contributed by atoms with van der Waals surface area (Å²) in [7, 11) is -3.51. The Balaban J connectivity index is 1.55. The normalized spacial score (nSPS) is 21.2. The van der Waals surface area contributed by atoms with Gasteiger partial charge in [-0.25, -0.2) is 13.1 Å². The largest absolute Gasteiger partial charge is 0.381 e. The molecule has 0 radical (unpaired) electrons. The van der Waals surface area contributed by atoms with E-state index in [0.29, 0.717) is 11.6 Å². The van der Waals surface area contributed by atoms with Crippen LogP contribution in [0.4, 0.5) is 0 Å². The molecule has 0 aliphatic carbocycles. The summed E-state index contributed by atoms with van der Waals surface area (Å²) in [5.74, 6) is 0. The highest BCUT2D eigenvalue weighted by atomic mass is 32.2. The summed E-state index contributed by atoms with van der Waals surface area (Å²) in [4.78, 5) is 2.52. The molecular weight excluding hydrogens is 302 g/mol. The van der Waals surface area contributed by atoms with E-state index in [1.54, 1.807) is 0 Å². The van der Waals surface area contributed by atoms with Crippen LogP contribution in [0, 0.1) is 11.3 Å². The molecule has 1 aromatic carbocycles. The lowest BCUT2D eigenvalue weighted by molar-refractivity contribution is 0.000324. The Morgan fingerprint density at radius 3 is 2.41 bits per heavy atom. The van der Waals surface area contributed by atoms with E-state index >= 15 is 0 Å². The third kappa shape index (κ3) is 3.31. The molecule has 1 aromatic rings. The van der Waals surface area contributed by atoms with Gasteiger partial charge in [0.25, 0.3) is 0 Å². The molecule has 0 atom stereocenters. The SMILES string of the molecule is N#Cc1ccc(S(=O)(=O)NC2CN(C3CCOCC3)C2)cc1. The molecule has 0 amide bonds. The van der Waals surface area contributed by atoms with Crippen molar-refractivity contribution < 1.29 is 13.2 Å². The molecule has 2 fully saturated rings. The third-order valence-corrected chi connectivity index (χ3v) is 5.77.